The van der Waals surface area contributed by atoms with Gasteiger partial charge in [0.2, 0.25) is 0 Å². The van der Waals surface area contributed by atoms with Crippen LogP contribution in [0.2, 0.25) is 4.34 Å². The molecule has 0 amide bonds. The van der Waals surface area contributed by atoms with E-state index in [1.807, 2.05) is 11.8 Å². The molecular formula is C14H21ClN2O3S3. The van der Waals surface area contributed by atoms with Crippen molar-refractivity contribution in [1.29, 1.82) is 0 Å². The molecule has 0 aliphatic carbocycles. The molecule has 23 heavy (non-hydrogen) atoms. The Morgan fingerprint density at radius 3 is 2.74 bits per heavy atom. The summed E-state index contributed by atoms with van der Waals surface area (Å²) < 4.78 is 34.0. The zero-order valence-electron chi connectivity index (χ0n) is 12.8. The Morgan fingerprint density at radius 1 is 1.26 bits per heavy atom. The molecule has 1 aromatic heterocycles. The van der Waals surface area contributed by atoms with Crippen molar-refractivity contribution >= 4 is 44.7 Å². The first-order valence-electron chi connectivity index (χ1n) is 7.72. The van der Waals surface area contributed by atoms with E-state index in [1.165, 1.54) is 0 Å². The van der Waals surface area contributed by atoms with Crippen LogP contribution in [0.15, 0.2) is 16.3 Å². The molecule has 5 nitrogen and oxygen atoms in total. The zero-order chi connectivity index (χ0) is 16.3. The van der Waals surface area contributed by atoms with Crippen molar-refractivity contribution in [3.05, 3.63) is 16.5 Å². The summed E-state index contributed by atoms with van der Waals surface area (Å²) in [6.45, 7) is 4.56. The van der Waals surface area contributed by atoms with Gasteiger partial charge >= 0.3 is 0 Å². The molecule has 0 bridgehead atoms. The minimum atomic E-state index is -3.47. The van der Waals surface area contributed by atoms with Crippen LogP contribution in [0, 0.1) is 0 Å². The Morgan fingerprint density at radius 2 is 2.04 bits per heavy atom. The monoisotopic (exact) mass is 396 g/mol. The van der Waals surface area contributed by atoms with Gasteiger partial charge in [-0.05, 0) is 24.3 Å². The van der Waals surface area contributed by atoms with Gasteiger partial charge in [0.15, 0.2) is 0 Å². The van der Waals surface area contributed by atoms with E-state index in [0.29, 0.717) is 15.1 Å². The summed E-state index contributed by atoms with van der Waals surface area (Å²) in [5.41, 5.74) is 0. The lowest BCUT2D eigenvalue weighted by molar-refractivity contribution is 0.0309. The summed E-state index contributed by atoms with van der Waals surface area (Å²) >= 11 is 8.92. The fourth-order valence-electron chi connectivity index (χ4n) is 2.90. The van der Waals surface area contributed by atoms with Gasteiger partial charge < -0.3 is 4.74 Å². The zero-order valence-corrected chi connectivity index (χ0v) is 16.0. The normalized spacial score (nSPS) is 25.3. The average Bonchev–Trinajstić information content (AvgIpc) is 2.85. The van der Waals surface area contributed by atoms with Crippen molar-refractivity contribution in [2.75, 3.05) is 50.9 Å². The van der Waals surface area contributed by atoms with Crippen LogP contribution < -0.4 is 0 Å². The lowest BCUT2D eigenvalue weighted by Crippen LogP contribution is -2.50. The Labute approximate surface area is 151 Å². The molecule has 1 atom stereocenters. The summed E-state index contributed by atoms with van der Waals surface area (Å²) in [6, 6.07) is 3.28. The van der Waals surface area contributed by atoms with Gasteiger partial charge in [0, 0.05) is 38.0 Å². The van der Waals surface area contributed by atoms with E-state index in [1.54, 1.807) is 16.4 Å². The predicted molar refractivity (Wildman–Crippen MR) is 96.2 cm³/mol. The Balaban J connectivity index is 1.80. The number of nitrogens with zero attached hydrogens (tertiary/aromatic N) is 2. The summed E-state index contributed by atoms with van der Waals surface area (Å²) in [5, 5.41) is 0. The first-order chi connectivity index (χ1) is 11.1. The van der Waals surface area contributed by atoms with E-state index < -0.39 is 10.0 Å². The summed E-state index contributed by atoms with van der Waals surface area (Å²) in [6.07, 6.45) is 0.891. The fraction of sp³-hybridized carbons (Fsp3) is 0.714. The number of halogens is 1. The Bertz CT molecular complexity index is 617. The number of thioether (sulfide) groups is 1. The van der Waals surface area contributed by atoms with Crippen LogP contribution >= 0.6 is 34.7 Å². The molecule has 3 rings (SSSR count). The second-order valence-electron chi connectivity index (χ2n) is 5.67. The quantitative estimate of drug-likeness (QED) is 0.781. The van der Waals surface area contributed by atoms with Gasteiger partial charge in [0.25, 0.3) is 10.0 Å². The van der Waals surface area contributed by atoms with Gasteiger partial charge in [-0.15, -0.1) is 11.3 Å². The van der Waals surface area contributed by atoms with E-state index >= 15 is 0 Å². The van der Waals surface area contributed by atoms with Crippen molar-refractivity contribution < 1.29 is 13.2 Å². The van der Waals surface area contributed by atoms with Crippen LogP contribution in [-0.4, -0.2) is 74.6 Å². The van der Waals surface area contributed by atoms with Crippen LogP contribution in [0.25, 0.3) is 0 Å². The number of sulfonamides is 1. The van der Waals surface area contributed by atoms with Crippen molar-refractivity contribution in [3.63, 3.8) is 0 Å². The molecule has 0 unspecified atom stereocenters. The summed E-state index contributed by atoms with van der Waals surface area (Å²) in [4.78, 5) is 2.31. The first kappa shape index (κ1) is 18.0. The second-order valence-corrected chi connectivity index (χ2v) is 10.7. The van der Waals surface area contributed by atoms with Crippen LogP contribution in [0.5, 0.6) is 0 Å². The predicted octanol–water partition coefficient (Wildman–Crippen LogP) is 2.23. The molecule has 0 saturated carbocycles. The highest BCUT2D eigenvalue weighted by Gasteiger charge is 2.34. The van der Waals surface area contributed by atoms with Gasteiger partial charge in [-0.25, -0.2) is 8.42 Å². The average molecular weight is 397 g/mol. The van der Waals surface area contributed by atoms with Crippen LogP contribution in [0.4, 0.5) is 0 Å². The highest BCUT2D eigenvalue weighted by Crippen LogP contribution is 2.31. The maximum atomic E-state index is 13.0. The molecule has 2 saturated heterocycles. The molecule has 3 heterocycles. The standard InChI is InChI=1S/C14H21ClN2O3S3/c15-13-2-3-14(22-13)23(18,19)17-4-1-9-21-11-12(17)10-16-5-7-20-8-6-16/h2-3,12H,1,4-11H2/t12-/m1/s1. The molecular weight excluding hydrogens is 376 g/mol. The lowest BCUT2D eigenvalue weighted by Gasteiger charge is -2.34. The fourth-order valence-corrected chi connectivity index (χ4v) is 7.32. The maximum Gasteiger partial charge on any atom is 0.252 e. The maximum absolute atomic E-state index is 13.0. The third kappa shape index (κ3) is 4.42. The molecule has 0 spiro atoms. The summed E-state index contributed by atoms with van der Waals surface area (Å²) in [5.74, 6) is 1.85. The lowest BCUT2D eigenvalue weighted by atomic mass is 10.2. The molecule has 2 aliphatic rings. The number of morpholine rings is 1. The van der Waals surface area contributed by atoms with E-state index in [4.69, 9.17) is 16.3 Å². The largest absolute Gasteiger partial charge is 0.379 e. The van der Waals surface area contributed by atoms with Crippen LogP contribution in [-0.2, 0) is 14.8 Å². The number of rotatable bonds is 4. The SMILES string of the molecule is O=S(=O)(c1ccc(Cl)s1)N1CCCSC[C@H]1CN1CCOCC1. The molecule has 1 aromatic rings. The first-order valence-corrected chi connectivity index (χ1v) is 11.5. The molecule has 0 radical (unpaired) electrons. The highest BCUT2D eigenvalue weighted by atomic mass is 35.5. The van der Waals surface area contributed by atoms with Gasteiger partial charge in [-0.1, -0.05) is 11.6 Å². The number of hydrogen-bond donors (Lipinski definition) is 0. The highest BCUT2D eigenvalue weighted by molar-refractivity contribution is 7.99. The van der Waals surface area contributed by atoms with Gasteiger partial charge in [0.05, 0.1) is 17.6 Å². The van der Waals surface area contributed by atoms with Crippen LogP contribution in [0.3, 0.4) is 0 Å². The molecule has 0 N–H and O–H groups in total. The topological polar surface area (TPSA) is 49.9 Å². The van der Waals surface area contributed by atoms with Crippen molar-refractivity contribution in [2.24, 2.45) is 0 Å². The molecule has 0 aromatic carbocycles. The van der Waals surface area contributed by atoms with E-state index in [-0.39, 0.29) is 6.04 Å². The number of thiophene rings is 1. The Kier molecular flexibility index (Phi) is 6.28. The third-order valence-corrected chi connectivity index (χ3v) is 8.92. The Hall–Kier alpha value is 0.170. The number of hydrogen-bond acceptors (Lipinski definition) is 6. The minimum Gasteiger partial charge on any atom is -0.379 e. The third-order valence-electron chi connectivity index (χ3n) is 4.07. The van der Waals surface area contributed by atoms with Crippen LogP contribution in [0.1, 0.15) is 6.42 Å². The molecule has 2 fully saturated rings. The van der Waals surface area contributed by atoms with Gasteiger partial charge in [0.1, 0.15) is 4.21 Å². The van der Waals surface area contributed by atoms with Crippen molar-refractivity contribution in [3.8, 4) is 0 Å². The van der Waals surface area contributed by atoms with E-state index in [2.05, 4.69) is 4.90 Å². The van der Waals surface area contributed by atoms with E-state index in [0.717, 1.165) is 62.1 Å². The molecule has 2 aliphatic heterocycles. The number of ether oxygens (including phenoxy) is 1. The minimum absolute atomic E-state index is 0.00600. The molecule has 130 valence electrons. The molecule has 9 heteroatoms. The van der Waals surface area contributed by atoms with E-state index in [9.17, 15) is 8.42 Å². The van der Waals surface area contributed by atoms with Gasteiger partial charge in [-0.2, -0.15) is 16.1 Å². The summed E-state index contributed by atoms with van der Waals surface area (Å²) in [7, 11) is -3.47. The second kappa shape index (κ2) is 8.03. The van der Waals surface area contributed by atoms with Crippen molar-refractivity contribution in [1.82, 2.24) is 9.21 Å². The smallest absolute Gasteiger partial charge is 0.252 e. The van der Waals surface area contributed by atoms with Crippen molar-refractivity contribution in [2.45, 2.75) is 16.7 Å². The van der Waals surface area contributed by atoms with Gasteiger partial charge in [-0.3, -0.25) is 4.90 Å².